The highest BCUT2D eigenvalue weighted by Gasteiger charge is 2.51. The highest BCUT2D eigenvalue weighted by molar-refractivity contribution is 6.33. The lowest BCUT2D eigenvalue weighted by atomic mass is 9.94. The number of nitrogens with one attached hydrogen (secondary N) is 1. The molecular weight excluding hydrogens is 304 g/mol. The summed E-state index contributed by atoms with van der Waals surface area (Å²) in [5.41, 5.74) is 0.782. The number of benzene rings is 2. The Morgan fingerprint density at radius 3 is 2.32 bits per heavy atom. The molecule has 5 nitrogen and oxygen atoms in total. The molecule has 1 amide bonds. The Balaban J connectivity index is 1.82. The second-order valence-corrected chi connectivity index (χ2v) is 5.73. The van der Waals surface area contributed by atoms with Crippen molar-refractivity contribution in [3.05, 3.63) is 69.2 Å². The molecule has 0 bridgehead atoms. The van der Waals surface area contributed by atoms with Crippen LogP contribution in [0.25, 0.3) is 0 Å². The van der Waals surface area contributed by atoms with Crippen LogP contribution in [0, 0.1) is 10.1 Å². The van der Waals surface area contributed by atoms with E-state index < -0.39 is 10.3 Å². The van der Waals surface area contributed by atoms with Gasteiger partial charge in [-0.15, -0.1) is 0 Å². The van der Waals surface area contributed by atoms with Gasteiger partial charge in [-0.2, -0.15) is 0 Å². The maximum atomic E-state index is 12.6. The van der Waals surface area contributed by atoms with Crippen molar-refractivity contribution in [2.24, 2.45) is 0 Å². The molecule has 1 N–H and O–H groups in total. The number of halogens is 1. The van der Waals surface area contributed by atoms with Gasteiger partial charge in [-0.1, -0.05) is 35.9 Å². The van der Waals surface area contributed by atoms with Gasteiger partial charge in [0.05, 0.1) is 21.0 Å². The SMILES string of the molecule is O=C(Nc1ccccc1Cl)C1(c2ccc([N+](=O)[O-])cc2)CC1. The van der Waals surface area contributed by atoms with Crippen LogP contribution in [0.3, 0.4) is 0 Å². The summed E-state index contributed by atoms with van der Waals surface area (Å²) in [6.45, 7) is 0. The molecule has 1 aliphatic rings. The number of nitro benzene ring substituents is 1. The third kappa shape index (κ3) is 2.55. The topological polar surface area (TPSA) is 72.2 Å². The van der Waals surface area contributed by atoms with Gasteiger partial charge in [0.2, 0.25) is 5.91 Å². The summed E-state index contributed by atoms with van der Waals surface area (Å²) in [5, 5.41) is 14.0. The summed E-state index contributed by atoms with van der Waals surface area (Å²) < 4.78 is 0. The van der Waals surface area contributed by atoms with Crippen LogP contribution >= 0.6 is 11.6 Å². The first-order valence-electron chi connectivity index (χ1n) is 6.84. The van der Waals surface area contributed by atoms with E-state index >= 15 is 0 Å². The molecule has 0 unspecified atom stereocenters. The number of hydrogen-bond acceptors (Lipinski definition) is 3. The first-order chi connectivity index (χ1) is 10.5. The largest absolute Gasteiger partial charge is 0.324 e. The first-order valence-corrected chi connectivity index (χ1v) is 7.22. The Morgan fingerprint density at radius 2 is 1.77 bits per heavy atom. The summed E-state index contributed by atoms with van der Waals surface area (Å²) in [6, 6.07) is 13.2. The quantitative estimate of drug-likeness (QED) is 0.686. The zero-order valence-electron chi connectivity index (χ0n) is 11.6. The number of non-ortho nitro benzene ring substituents is 1. The van der Waals surface area contributed by atoms with Gasteiger partial charge in [-0.05, 0) is 30.5 Å². The van der Waals surface area contributed by atoms with Crippen molar-refractivity contribution in [3.8, 4) is 0 Å². The van der Waals surface area contributed by atoms with Crippen LogP contribution < -0.4 is 5.32 Å². The van der Waals surface area contributed by atoms with Crippen LogP contribution in [-0.2, 0) is 10.2 Å². The zero-order valence-corrected chi connectivity index (χ0v) is 12.3. The van der Waals surface area contributed by atoms with E-state index in [1.807, 2.05) is 0 Å². The van der Waals surface area contributed by atoms with Crippen LogP contribution in [0.1, 0.15) is 18.4 Å². The number of rotatable bonds is 4. The lowest BCUT2D eigenvalue weighted by molar-refractivity contribution is -0.384. The van der Waals surface area contributed by atoms with Crippen LogP contribution in [0.4, 0.5) is 11.4 Å². The number of amides is 1. The molecule has 1 saturated carbocycles. The van der Waals surface area contributed by atoms with Gasteiger partial charge in [0.15, 0.2) is 0 Å². The fourth-order valence-electron chi connectivity index (χ4n) is 2.48. The van der Waals surface area contributed by atoms with E-state index in [9.17, 15) is 14.9 Å². The fourth-order valence-corrected chi connectivity index (χ4v) is 2.66. The fraction of sp³-hybridized carbons (Fsp3) is 0.188. The van der Waals surface area contributed by atoms with E-state index in [0.717, 1.165) is 18.4 Å². The normalized spacial score (nSPS) is 15.1. The summed E-state index contributed by atoms with van der Waals surface area (Å²) in [6.07, 6.45) is 1.45. The van der Waals surface area contributed by atoms with Crippen LogP contribution in [0.2, 0.25) is 5.02 Å². The molecule has 1 fully saturated rings. The minimum atomic E-state index is -0.603. The van der Waals surface area contributed by atoms with Gasteiger partial charge in [0.25, 0.3) is 5.69 Å². The average molecular weight is 317 g/mol. The smallest absolute Gasteiger partial charge is 0.269 e. The van der Waals surface area contributed by atoms with Crippen molar-refractivity contribution < 1.29 is 9.72 Å². The molecule has 0 aromatic heterocycles. The molecule has 112 valence electrons. The molecule has 6 heteroatoms. The third-order valence-corrected chi connectivity index (χ3v) is 4.27. The molecule has 2 aromatic carbocycles. The molecule has 2 aromatic rings. The zero-order chi connectivity index (χ0) is 15.7. The Bertz CT molecular complexity index is 739. The van der Waals surface area contributed by atoms with Crippen LogP contribution in [0.15, 0.2) is 48.5 Å². The second kappa shape index (κ2) is 5.42. The van der Waals surface area contributed by atoms with Crippen molar-refractivity contribution in [2.75, 3.05) is 5.32 Å². The van der Waals surface area contributed by atoms with Crippen molar-refractivity contribution in [2.45, 2.75) is 18.3 Å². The number of carbonyl (C=O) groups is 1. The molecule has 0 spiro atoms. The highest BCUT2D eigenvalue weighted by Crippen LogP contribution is 2.49. The molecule has 0 aliphatic heterocycles. The number of hydrogen-bond donors (Lipinski definition) is 1. The van der Waals surface area contributed by atoms with Gasteiger partial charge in [0, 0.05) is 12.1 Å². The number of para-hydroxylation sites is 1. The maximum absolute atomic E-state index is 12.6. The molecule has 1 aliphatic carbocycles. The summed E-state index contributed by atoms with van der Waals surface area (Å²) in [4.78, 5) is 22.8. The maximum Gasteiger partial charge on any atom is 0.269 e. The predicted octanol–water partition coefficient (Wildman–Crippen LogP) is 3.92. The molecule has 0 saturated heterocycles. The minimum Gasteiger partial charge on any atom is -0.324 e. The summed E-state index contributed by atoms with van der Waals surface area (Å²) in [5.74, 6) is -0.130. The van der Waals surface area contributed by atoms with Crippen molar-refractivity contribution in [1.82, 2.24) is 0 Å². The minimum absolute atomic E-state index is 0.0195. The Morgan fingerprint density at radius 1 is 1.14 bits per heavy atom. The first kappa shape index (κ1) is 14.5. The van der Waals surface area contributed by atoms with Crippen molar-refractivity contribution >= 4 is 28.9 Å². The number of carbonyl (C=O) groups excluding carboxylic acids is 1. The lowest BCUT2D eigenvalue weighted by Gasteiger charge is -2.16. The number of nitrogens with zero attached hydrogens (tertiary/aromatic N) is 1. The molecule has 22 heavy (non-hydrogen) atoms. The van der Waals surface area contributed by atoms with Crippen molar-refractivity contribution in [1.29, 1.82) is 0 Å². The monoisotopic (exact) mass is 316 g/mol. The molecular formula is C16H13ClN2O3. The van der Waals surface area contributed by atoms with E-state index in [4.69, 9.17) is 11.6 Å². The highest BCUT2D eigenvalue weighted by atomic mass is 35.5. The summed E-state index contributed by atoms with van der Waals surface area (Å²) >= 11 is 6.05. The predicted molar refractivity (Wildman–Crippen MR) is 84.1 cm³/mol. The van der Waals surface area contributed by atoms with Crippen LogP contribution in [-0.4, -0.2) is 10.8 Å². The standard InChI is InChI=1S/C16H13ClN2O3/c17-13-3-1-2-4-14(13)18-15(20)16(9-10-16)11-5-7-12(8-6-11)19(21)22/h1-8H,9-10H2,(H,18,20). The Kier molecular flexibility index (Phi) is 3.58. The Labute approximate surface area is 132 Å². The van der Waals surface area contributed by atoms with Gasteiger partial charge in [-0.3, -0.25) is 14.9 Å². The van der Waals surface area contributed by atoms with Gasteiger partial charge in [-0.25, -0.2) is 0 Å². The molecule has 3 rings (SSSR count). The molecule has 0 radical (unpaired) electrons. The van der Waals surface area contributed by atoms with Gasteiger partial charge >= 0.3 is 0 Å². The van der Waals surface area contributed by atoms with E-state index in [0.29, 0.717) is 10.7 Å². The number of nitro groups is 1. The van der Waals surface area contributed by atoms with Gasteiger partial charge < -0.3 is 5.32 Å². The molecule has 0 heterocycles. The number of anilines is 1. The van der Waals surface area contributed by atoms with Crippen molar-refractivity contribution in [3.63, 3.8) is 0 Å². The van der Waals surface area contributed by atoms with Gasteiger partial charge in [0.1, 0.15) is 0 Å². The lowest BCUT2D eigenvalue weighted by Crippen LogP contribution is -2.27. The van der Waals surface area contributed by atoms with Crippen LogP contribution in [0.5, 0.6) is 0 Å². The summed E-state index contributed by atoms with van der Waals surface area (Å²) in [7, 11) is 0. The second-order valence-electron chi connectivity index (χ2n) is 5.32. The average Bonchev–Trinajstić information content (AvgIpc) is 3.31. The van der Waals surface area contributed by atoms with E-state index in [-0.39, 0.29) is 11.6 Å². The van der Waals surface area contributed by atoms with E-state index in [1.165, 1.54) is 12.1 Å². The van der Waals surface area contributed by atoms with E-state index in [1.54, 1.807) is 36.4 Å². The third-order valence-electron chi connectivity index (χ3n) is 3.94. The molecule has 0 atom stereocenters. The van der Waals surface area contributed by atoms with E-state index in [2.05, 4.69) is 5.32 Å². The Hall–Kier alpha value is -2.40.